The van der Waals surface area contributed by atoms with Gasteiger partial charge >= 0.3 is 0 Å². The Bertz CT molecular complexity index is 1010. The number of carbonyl (C=O) groups excluding carboxylic acids is 2. The average molecular weight is 456 g/mol. The van der Waals surface area contributed by atoms with E-state index in [9.17, 15) is 22.4 Å². The van der Waals surface area contributed by atoms with Crippen molar-refractivity contribution >= 4 is 39.1 Å². The Morgan fingerprint density at radius 2 is 1.80 bits per heavy atom. The van der Waals surface area contributed by atoms with E-state index in [0.29, 0.717) is 10.6 Å². The molecule has 2 rings (SSSR count). The predicted octanol–water partition coefficient (Wildman–Crippen LogP) is 2.41. The summed E-state index contributed by atoms with van der Waals surface area (Å²) in [7, 11) is -2.38. The van der Waals surface area contributed by atoms with Crippen molar-refractivity contribution in [2.45, 2.75) is 19.5 Å². The zero-order valence-electron chi connectivity index (χ0n) is 16.8. The number of rotatable bonds is 8. The third kappa shape index (κ3) is 6.17. The molecule has 1 atom stereocenters. The molecule has 0 heterocycles. The SMILES string of the molecule is CNC(=O)[C@H](C)N(Cc1ccc(F)cc1)C(=O)CN(c1cccc(Cl)c1)S(C)(=O)=O. The number of carbonyl (C=O) groups is 2. The van der Waals surface area contributed by atoms with E-state index in [1.807, 2.05) is 0 Å². The van der Waals surface area contributed by atoms with Gasteiger partial charge in [0.25, 0.3) is 0 Å². The number of halogens is 2. The summed E-state index contributed by atoms with van der Waals surface area (Å²) in [6.07, 6.45) is 0.980. The zero-order valence-corrected chi connectivity index (χ0v) is 18.4. The summed E-state index contributed by atoms with van der Waals surface area (Å²) in [5, 5.41) is 2.79. The number of nitrogens with zero attached hydrogens (tertiary/aromatic N) is 2. The normalized spacial score (nSPS) is 12.2. The van der Waals surface area contributed by atoms with Gasteiger partial charge in [-0.3, -0.25) is 13.9 Å². The predicted molar refractivity (Wildman–Crippen MR) is 114 cm³/mol. The molecule has 30 heavy (non-hydrogen) atoms. The molecule has 0 aliphatic rings. The molecule has 7 nitrogen and oxygen atoms in total. The van der Waals surface area contributed by atoms with Gasteiger partial charge in [0.05, 0.1) is 11.9 Å². The Labute approximate surface area is 180 Å². The van der Waals surface area contributed by atoms with E-state index in [-0.39, 0.29) is 12.2 Å². The molecule has 0 saturated carbocycles. The topological polar surface area (TPSA) is 86.8 Å². The molecule has 0 aliphatic carbocycles. The van der Waals surface area contributed by atoms with Crippen LogP contribution in [0.2, 0.25) is 5.02 Å². The highest BCUT2D eigenvalue weighted by atomic mass is 35.5. The highest BCUT2D eigenvalue weighted by Gasteiger charge is 2.29. The smallest absolute Gasteiger partial charge is 0.244 e. The maximum atomic E-state index is 13.2. The quantitative estimate of drug-likeness (QED) is 0.662. The lowest BCUT2D eigenvalue weighted by Gasteiger charge is -2.31. The minimum atomic E-state index is -3.82. The molecule has 2 aromatic rings. The van der Waals surface area contributed by atoms with E-state index in [0.717, 1.165) is 10.6 Å². The number of anilines is 1. The molecule has 162 valence electrons. The second-order valence-electron chi connectivity index (χ2n) is 6.69. The molecule has 0 unspecified atom stereocenters. The van der Waals surface area contributed by atoms with Crippen LogP contribution in [0.3, 0.4) is 0 Å². The first-order valence-electron chi connectivity index (χ1n) is 9.01. The van der Waals surface area contributed by atoms with Gasteiger partial charge in [-0.1, -0.05) is 29.8 Å². The van der Waals surface area contributed by atoms with Crippen LogP contribution >= 0.6 is 11.6 Å². The lowest BCUT2D eigenvalue weighted by molar-refractivity contribution is -0.139. The van der Waals surface area contributed by atoms with Crippen LogP contribution in [0.4, 0.5) is 10.1 Å². The molecule has 1 N–H and O–H groups in total. The standard InChI is InChI=1S/C20H23ClFN3O4S/c1-14(20(27)23-2)24(12-15-7-9-17(22)10-8-15)19(26)13-25(30(3,28)29)18-6-4-5-16(21)11-18/h4-11,14H,12-13H2,1-3H3,(H,23,27)/t14-/m0/s1. The second-order valence-corrected chi connectivity index (χ2v) is 9.03. The fourth-order valence-electron chi connectivity index (χ4n) is 2.82. The molecular weight excluding hydrogens is 433 g/mol. The van der Waals surface area contributed by atoms with E-state index < -0.39 is 40.2 Å². The van der Waals surface area contributed by atoms with Crippen LogP contribution in [0.5, 0.6) is 0 Å². The zero-order chi connectivity index (χ0) is 22.5. The van der Waals surface area contributed by atoms with Crippen LogP contribution in [-0.4, -0.2) is 51.0 Å². The number of hydrogen-bond donors (Lipinski definition) is 1. The van der Waals surface area contributed by atoms with E-state index in [1.165, 1.54) is 55.3 Å². The number of benzene rings is 2. The Morgan fingerprint density at radius 1 is 1.17 bits per heavy atom. The summed E-state index contributed by atoms with van der Waals surface area (Å²) in [6, 6.07) is 10.7. The van der Waals surface area contributed by atoms with Gasteiger partial charge < -0.3 is 10.2 Å². The lowest BCUT2D eigenvalue weighted by Crippen LogP contribution is -2.50. The van der Waals surface area contributed by atoms with Crippen molar-refractivity contribution in [3.05, 3.63) is 64.9 Å². The van der Waals surface area contributed by atoms with Crippen molar-refractivity contribution in [1.82, 2.24) is 10.2 Å². The minimum absolute atomic E-state index is 0.000841. The van der Waals surface area contributed by atoms with E-state index >= 15 is 0 Å². The molecule has 2 amide bonds. The number of nitrogens with one attached hydrogen (secondary N) is 1. The van der Waals surface area contributed by atoms with Crippen molar-refractivity contribution in [3.63, 3.8) is 0 Å². The summed E-state index contributed by atoms with van der Waals surface area (Å²) in [5.41, 5.74) is 0.821. The Kier molecular flexibility index (Phi) is 7.80. The van der Waals surface area contributed by atoms with E-state index in [2.05, 4.69) is 5.32 Å². The van der Waals surface area contributed by atoms with Gasteiger partial charge in [0.1, 0.15) is 18.4 Å². The molecule has 0 fully saturated rings. The molecule has 0 aromatic heterocycles. The fraction of sp³-hybridized carbons (Fsp3) is 0.300. The minimum Gasteiger partial charge on any atom is -0.357 e. The van der Waals surface area contributed by atoms with E-state index in [1.54, 1.807) is 12.1 Å². The van der Waals surface area contributed by atoms with Crippen LogP contribution < -0.4 is 9.62 Å². The number of likely N-dealkylation sites (N-methyl/N-ethyl adjacent to an activating group) is 1. The van der Waals surface area contributed by atoms with Crippen LogP contribution in [0.1, 0.15) is 12.5 Å². The summed E-state index contributed by atoms with van der Waals surface area (Å²) in [5.74, 6) is -1.44. The third-order valence-electron chi connectivity index (χ3n) is 4.46. The van der Waals surface area contributed by atoms with Crippen molar-refractivity contribution < 1.29 is 22.4 Å². The van der Waals surface area contributed by atoms with Gasteiger partial charge in [0, 0.05) is 18.6 Å². The van der Waals surface area contributed by atoms with Crippen LogP contribution in [0.15, 0.2) is 48.5 Å². The first-order valence-corrected chi connectivity index (χ1v) is 11.2. The molecule has 0 spiro atoms. The monoisotopic (exact) mass is 455 g/mol. The highest BCUT2D eigenvalue weighted by Crippen LogP contribution is 2.22. The van der Waals surface area contributed by atoms with Crippen LogP contribution in [-0.2, 0) is 26.2 Å². The van der Waals surface area contributed by atoms with Crippen molar-refractivity contribution in [1.29, 1.82) is 0 Å². The van der Waals surface area contributed by atoms with Crippen LogP contribution in [0, 0.1) is 5.82 Å². The first kappa shape index (κ1) is 23.6. The van der Waals surface area contributed by atoms with Gasteiger partial charge in [0.15, 0.2) is 0 Å². The highest BCUT2D eigenvalue weighted by molar-refractivity contribution is 7.92. The maximum absolute atomic E-state index is 13.2. The Morgan fingerprint density at radius 3 is 2.33 bits per heavy atom. The first-order chi connectivity index (χ1) is 14.0. The van der Waals surface area contributed by atoms with Gasteiger partial charge in [-0.15, -0.1) is 0 Å². The van der Waals surface area contributed by atoms with Gasteiger partial charge in [-0.2, -0.15) is 0 Å². The second kappa shape index (κ2) is 9.90. The molecule has 2 aromatic carbocycles. The Hall–Kier alpha value is -2.65. The van der Waals surface area contributed by atoms with E-state index in [4.69, 9.17) is 11.6 Å². The van der Waals surface area contributed by atoms with Gasteiger partial charge in [0.2, 0.25) is 21.8 Å². The maximum Gasteiger partial charge on any atom is 0.244 e. The molecule has 0 radical (unpaired) electrons. The third-order valence-corrected chi connectivity index (χ3v) is 5.83. The largest absolute Gasteiger partial charge is 0.357 e. The van der Waals surface area contributed by atoms with Gasteiger partial charge in [-0.25, -0.2) is 12.8 Å². The molecular formula is C20H23ClFN3O4S. The van der Waals surface area contributed by atoms with Crippen LogP contribution in [0.25, 0.3) is 0 Å². The summed E-state index contributed by atoms with van der Waals surface area (Å²) in [4.78, 5) is 26.6. The Balaban J connectivity index is 2.36. The van der Waals surface area contributed by atoms with Crippen molar-refractivity contribution in [2.75, 3.05) is 24.2 Å². The molecule has 10 heteroatoms. The lowest BCUT2D eigenvalue weighted by atomic mass is 10.1. The van der Waals surface area contributed by atoms with Crippen molar-refractivity contribution in [3.8, 4) is 0 Å². The number of hydrogen-bond acceptors (Lipinski definition) is 4. The molecule has 0 bridgehead atoms. The van der Waals surface area contributed by atoms with Gasteiger partial charge in [-0.05, 0) is 42.8 Å². The summed E-state index contributed by atoms with van der Waals surface area (Å²) >= 11 is 5.97. The van der Waals surface area contributed by atoms with Crippen molar-refractivity contribution in [2.24, 2.45) is 0 Å². The average Bonchev–Trinajstić information content (AvgIpc) is 2.69. The fourth-order valence-corrected chi connectivity index (χ4v) is 3.85. The summed E-state index contributed by atoms with van der Waals surface area (Å²) in [6.45, 7) is 1.01. The molecule has 0 saturated heterocycles. The molecule has 0 aliphatic heterocycles. The number of sulfonamides is 1. The number of amides is 2. The summed E-state index contributed by atoms with van der Waals surface area (Å²) < 4.78 is 38.8.